The van der Waals surface area contributed by atoms with Gasteiger partial charge in [-0.3, -0.25) is 4.79 Å². The molecule has 0 bridgehead atoms. The molecule has 3 nitrogen and oxygen atoms in total. The number of aryl methyl sites for hydroxylation is 1. The maximum Gasteiger partial charge on any atom is 0.303 e. The molecule has 1 aliphatic carbocycles. The molecule has 0 amide bonds. The lowest BCUT2D eigenvalue weighted by Crippen LogP contribution is -2.22. The minimum absolute atomic E-state index is 0.204. The summed E-state index contributed by atoms with van der Waals surface area (Å²) in [6, 6.07) is 8.78. The summed E-state index contributed by atoms with van der Waals surface area (Å²) < 4.78 is 0. The molecule has 0 unspecified atom stereocenters. The summed E-state index contributed by atoms with van der Waals surface area (Å²) in [4.78, 5) is 10.5. The Hall–Kier alpha value is -1.51. The number of anilines is 1. The van der Waals surface area contributed by atoms with Gasteiger partial charge in [0.25, 0.3) is 0 Å². The third-order valence-electron chi connectivity index (χ3n) is 3.56. The molecule has 0 aromatic heterocycles. The number of hydrogen-bond acceptors (Lipinski definition) is 2. The van der Waals surface area contributed by atoms with Gasteiger partial charge in [-0.05, 0) is 37.0 Å². The van der Waals surface area contributed by atoms with Crippen LogP contribution in [0, 0.1) is 0 Å². The number of carbonyl (C=O) groups is 1. The maximum absolute atomic E-state index is 10.5. The Balaban J connectivity index is 1.84. The highest BCUT2D eigenvalue weighted by molar-refractivity contribution is 5.67. The van der Waals surface area contributed by atoms with Gasteiger partial charge in [-0.25, -0.2) is 0 Å². The number of nitrogens with one attached hydrogen (secondary N) is 1. The molecule has 2 N–H and O–H groups in total. The Labute approximate surface area is 108 Å². The molecule has 1 aromatic rings. The Kier molecular flexibility index (Phi) is 4.62. The van der Waals surface area contributed by atoms with E-state index in [4.69, 9.17) is 5.11 Å². The van der Waals surface area contributed by atoms with Crippen molar-refractivity contribution in [3.63, 3.8) is 0 Å². The van der Waals surface area contributed by atoms with Gasteiger partial charge in [-0.15, -0.1) is 0 Å². The predicted octanol–water partition coefficient (Wildman–Crippen LogP) is 3.45. The zero-order chi connectivity index (χ0) is 12.8. The van der Waals surface area contributed by atoms with Crippen LogP contribution >= 0.6 is 0 Å². The van der Waals surface area contributed by atoms with Gasteiger partial charge in [0.1, 0.15) is 0 Å². The Morgan fingerprint density at radius 3 is 2.44 bits per heavy atom. The summed E-state index contributed by atoms with van der Waals surface area (Å²) in [6.45, 7) is 0. The number of carboxylic acids is 1. The van der Waals surface area contributed by atoms with Crippen molar-refractivity contribution in [2.24, 2.45) is 0 Å². The minimum atomic E-state index is -0.737. The van der Waals surface area contributed by atoms with Crippen molar-refractivity contribution >= 4 is 11.7 Å². The van der Waals surface area contributed by atoms with E-state index in [1.807, 2.05) is 12.1 Å². The summed E-state index contributed by atoms with van der Waals surface area (Å²) in [5.41, 5.74) is 2.24. The molecular weight excluding hydrogens is 226 g/mol. The van der Waals surface area contributed by atoms with Crippen LogP contribution in [0.25, 0.3) is 0 Å². The van der Waals surface area contributed by atoms with Gasteiger partial charge in [0.15, 0.2) is 0 Å². The van der Waals surface area contributed by atoms with Gasteiger partial charge < -0.3 is 10.4 Å². The van der Waals surface area contributed by atoms with E-state index in [2.05, 4.69) is 17.4 Å². The standard InChI is InChI=1S/C15H21NO2/c17-15(18)11-8-12-6-9-14(10-7-12)16-13-4-2-1-3-5-13/h6-7,9-10,13,16H,1-5,8,11H2,(H,17,18). The van der Waals surface area contributed by atoms with Crippen LogP contribution in [0.1, 0.15) is 44.1 Å². The Bertz CT molecular complexity index is 380. The highest BCUT2D eigenvalue weighted by Crippen LogP contribution is 2.21. The minimum Gasteiger partial charge on any atom is -0.481 e. The lowest BCUT2D eigenvalue weighted by atomic mass is 9.95. The number of hydrogen-bond donors (Lipinski definition) is 2. The molecule has 1 aliphatic rings. The molecule has 0 atom stereocenters. The first-order chi connectivity index (χ1) is 8.74. The smallest absolute Gasteiger partial charge is 0.303 e. The van der Waals surface area contributed by atoms with Crippen LogP contribution in [0.4, 0.5) is 5.69 Å². The molecule has 1 saturated carbocycles. The molecule has 1 aromatic carbocycles. The van der Waals surface area contributed by atoms with E-state index in [9.17, 15) is 4.79 Å². The molecule has 3 heteroatoms. The number of aliphatic carboxylic acids is 1. The van der Waals surface area contributed by atoms with Crippen molar-refractivity contribution in [3.05, 3.63) is 29.8 Å². The molecule has 0 radical (unpaired) electrons. The van der Waals surface area contributed by atoms with E-state index >= 15 is 0 Å². The van der Waals surface area contributed by atoms with Gasteiger partial charge in [-0.1, -0.05) is 31.4 Å². The molecule has 98 valence electrons. The average molecular weight is 247 g/mol. The molecule has 18 heavy (non-hydrogen) atoms. The Morgan fingerprint density at radius 1 is 1.17 bits per heavy atom. The van der Waals surface area contributed by atoms with Crippen LogP contribution < -0.4 is 5.32 Å². The van der Waals surface area contributed by atoms with Crippen molar-refractivity contribution in [1.82, 2.24) is 0 Å². The number of benzene rings is 1. The van der Waals surface area contributed by atoms with Gasteiger partial charge in [0.05, 0.1) is 0 Å². The zero-order valence-electron chi connectivity index (χ0n) is 10.7. The van der Waals surface area contributed by atoms with E-state index in [1.165, 1.54) is 32.1 Å². The third-order valence-corrected chi connectivity index (χ3v) is 3.56. The van der Waals surface area contributed by atoms with Crippen LogP contribution in [0.2, 0.25) is 0 Å². The predicted molar refractivity (Wildman–Crippen MR) is 72.9 cm³/mol. The van der Waals surface area contributed by atoms with E-state index in [0.29, 0.717) is 12.5 Å². The second kappa shape index (κ2) is 6.43. The summed E-state index contributed by atoms with van der Waals surface area (Å²) in [7, 11) is 0. The SMILES string of the molecule is O=C(O)CCc1ccc(NC2CCCCC2)cc1. The fraction of sp³-hybridized carbons (Fsp3) is 0.533. The maximum atomic E-state index is 10.5. The van der Waals surface area contributed by atoms with Crippen LogP contribution in [-0.2, 0) is 11.2 Å². The second-order valence-electron chi connectivity index (χ2n) is 5.07. The van der Waals surface area contributed by atoms with Crippen molar-refractivity contribution in [3.8, 4) is 0 Å². The van der Waals surface area contributed by atoms with E-state index in [0.717, 1.165) is 11.3 Å². The first-order valence-corrected chi connectivity index (χ1v) is 6.81. The molecular formula is C15H21NO2. The zero-order valence-corrected chi connectivity index (χ0v) is 10.7. The largest absolute Gasteiger partial charge is 0.481 e. The summed E-state index contributed by atoms with van der Waals surface area (Å²) in [6.07, 6.45) is 7.37. The average Bonchev–Trinajstić information content (AvgIpc) is 2.39. The highest BCUT2D eigenvalue weighted by Gasteiger charge is 2.12. The summed E-state index contributed by atoms with van der Waals surface area (Å²) in [5.74, 6) is -0.737. The van der Waals surface area contributed by atoms with Crippen LogP contribution in [0.15, 0.2) is 24.3 Å². The molecule has 2 rings (SSSR count). The van der Waals surface area contributed by atoms with Gasteiger partial charge in [0.2, 0.25) is 0 Å². The van der Waals surface area contributed by atoms with E-state index < -0.39 is 5.97 Å². The van der Waals surface area contributed by atoms with Crippen LogP contribution in [0.5, 0.6) is 0 Å². The van der Waals surface area contributed by atoms with E-state index in [1.54, 1.807) is 0 Å². The first kappa shape index (κ1) is 12.9. The highest BCUT2D eigenvalue weighted by atomic mass is 16.4. The summed E-state index contributed by atoms with van der Waals surface area (Å²) >= 11 is 0. The second-order valence-corrected chi connectivity index (χ2v) is 5.07. The van der Waals surface area contributed by atoms with Gasteiger partial charge in [0, 0.05) is 18.2 Å². The quantitative estimate of drug-likeness (QED) is 0.837. The molecule has 0 spiro atoms. The van der Waals surface area contributed by atoms with E-state index in [-0.39, 0.29) is 6.42 Å². The molecule has 0 saturated heterocycles. The van der Waals surface area contributed by atoms with Crippen molar-refractivity contribution in [2.45, 2.75) is 51.0 Å². The number of carboxylic acid groups (broad SMARTS) is 1. The van der Waals surface area contributed by atoms with Crippen molar-refractivity contribution < 1.29 is 9.90 Å². The lowest BCUT2D eigenvalue weighted by molar-refractivity contribution is -0.136. The van der Waals surface area contributed by atoms with Gasteiger partial charge in [-0.2, -0.15) is 0 Å². The third kappa shape index (κ3) is 4.06. The van der Waals surface area contributed by atoms with Crippen LogP contribution in [-0.4, -0.2) is 17.1 Å². The Morgan fingerprint density at radius 2 is 1.83 bits per heavy atom. The fourth-order valence-electron chi connectivity index (χ4n) is 2.50. The van der Waals surface area contributed by atoms with Crippen molar-refractivity contribution in [2.75, 3.05) is 5.32 Å². The normalized spacial score (nSPS) is 16.4. The first-order valence-electron chi connectivity index (χ1n) is 6.81. The van der Waals surface area contributed by atoms with Crippen LogP contribution in [0.3, 0.4) is 0 Å². The van der Waals surface area contributed by atoms with Crippen molar-refractivity contribution in [1.29, 1.82) is 0 Å². The molecule has 0 aliphatic heterocycles. The lowest BCUT2D eigenvalue weighted by Gasteiger charge is -2.23. The molecule has 0 heterocycles. The fourth-order valence-corrected chi connectivity index (χ4v) is 2.50. The molecule has 1 fully saturated rings. The summed E-state index contributed by atoms with van der Waals surface area (Å²) in [5, 5.41) is 12.2. The topological polar surface area (TPSA) is 49.3 Å². The number of rotatable bonds is 5. The monoisotopic (exact) mass is 247 g/mol. The van der Waals surface area contributed by atoms with Gasteiger partial charge >= 0.3 is 5.97 Å².